The largest absolute Gasteiger partial charge is 0.367 e. The van der Waals surface area contributed by atoms with Gasteiger partial charge >= 0.3 is 0 Å². The fourth-order valence-electron chi connectivity index (χ4n) is 3.55. The van der Waals surface area contributed by atoms with Crippen molar-refractivity contribution >= 4 is 17.5 Å². The number of benzene rings is 1. The highest BCUT2D eigenvalue weighted by atomic mass is 19.2. The lowest BCUT2D eigenvalue weighted by Gasteiger charge is -2.29. The fourth-order valence-corrected chi connectivity index (χ4v) is 3.55. The Bertz CT molecular complexity index is 866. The second kappa shape index (κ2) is 9.15. The quantitative estimate of drug-likeness (QED) is 0.772. The molecule has 1 aliphatic carbocycles. The fraction of sp³-hybridized carbons (Fsp3) is 0.476. The predicted octanol–water partition coefficient (Wildman–Crippen LogP) is 3.53. The number of aromatic nitrogens is 2. The van der Waals surface area contributed by atoms with E-state index in [4.69, 9.17) is 0 Å². The zero-order chi connectivity index (χ0) is 21.0. The normalized spacial score (nSPS) is 18.9. The van der Waals surface area contributed by atoms with Gasteiger partial charge < -0.3 is 15.5 Å². The summed E-state index contributed by atoms with van der Waals surface area (Å²) in [6.45, 7) is 2.41. The van der Waals surface area contributed by atoms with E-state index in [-0.39, 0.29) is 11.5 Å². The van der Waals surface area contributed by atoms with Crippen LogP contribution in [0.2, 0.25) is 0 Å². The molecule has 3 rings (SSSR count). The first kappa shape index (κ1) is 21.0. The van der Waals surface area contributed by atoms with E-state index in [1.54, 1.807) is 0 Å². The van der Waals surface area contributed by atoms with E-state index < -0.39 is 11.6 Å². The van der Waals surface area contributed by atoms with E-state index >= 15 is 0 Å². The lowest BCUT2D eigenvalue weighted by atomic mass is 9.86. The number of anilines is 2. The van der Waals surface area contributed by atoms with E-state index in [0.717, 1.165) is 55.3 Å². The smallest absolute Gasteiger partial charge is 0.251 e. The van der Waals surface area contributed by atoms with Crippen molar-refractivity contribution in [2.45, 2.75) is 38.6 Å². The molecule has 8 heteroatoms. The minimum atomic E-state index is -1.01. The molecule has 0 aliphatic heterocycles. The number of rotatable bonds is 6. The van der Waals surface area contributed by atoms with Gasteiger partial charge in [-0.1, -0.05) is 0 Å². The Morgan fingerprint density at radius 1 is 1.10 bits per heavy atom. The molecule has 0 saturated heterocycles. The van der Waals surface area contributed by atoms with E-state index in [9.17, 15) is 13.6 Å². The second-order valence-electron chi connectivity index (χ2n) is 7.75. The topological polar surface area (TPSA) is 70.2 Å². The van der Waals surface area contributed by atoms with E-state index in [1.807, 2.05) is 32.0 Å². The Balaban J connectivity index is 1.47. The summed E-state index contributed by atoms with van der Waals surface area (Å²) < 4.78 is 26.3. The van der Waals surface area contributed by atoms with Crippen molar-refractivity contribution in [2.24, 2.45) is 5.92 Å². The summed E-state index contributed by atoms with van der Waals surface area (Å²) in [5.74, 6) is 0.450. The Labute approximate surface area is 169 Å². The molecule has 1 aromatic heterocycles. The number of hydrogen-bond donors (Lipinski definition) is 2. The number of nitrogens with zero attached hydrogens (tertiary/aromatic N) is 3. The molecule has 29 heavy (non-hydrogen) atoms. The standard InChI is InChI=1S/C21H27F2N5O/c1-13-25-19(11-20(26-13)28(2)3)27-16-7-4-14(5-8-16)12-24-21(29)15-6-9-17(22)18(23)10-15/h6,9-11,14,16H,4-5,7-8,12H2,1-3H3,(H,24,29)(H,25,26,27). The highest BCUT2D eigenvalue weighted by Gasteiger charge is 2.22. The molecule has 156 valence electrons. The Morgan fingerprint density at radius 3 is 2.48 bits per heavy atom. The van der Waals surface area contributed by atoms with Gasteiger partial charge in [0.2, 0.25) is 0 Å². The Kier molecular flexibility index (Phi) is 6.61. The Hall–Kier alpha value is -2.77. The summed E-state index contributed by atoms with van der Waals surface area (Å²) >= 11 is 0. The van der Waals surface area contributed by atoms with Crippen LogP contribution in [-0.2, 0) is 0 Å². The van der Waals surface area contributed by atoms with Gasteiger partial charge in [0.25, 0.3) is 5.91 Å². The molecule has 1 aliphatic rings. The molecule has 0 bridgehead atoms. The number of amides is 1. The molecule has 0 spiro atoms. The van der Waals surface area contributed by atoms with Crippen LogP contribution in [0.3, 0.4) is 0 Å². The monoisotopic (exact) mass is 403 g/mol. The zero-order valence-electron chi connectivity index (χ0n) is 17.0. The minimum absolute atomic E-state index is 0.134. The lowest BCUT2D eigenvalue weighted by molar-refractivity contribution is 0.0942. The minimum Gasteiger partial charge on any atom is -0.367 e. The maximum atomic E-state index is 13.3. The molecule has 2 N–H and O–H groups in total. The molecule has 0 radical (unpaired) electrons. The van der Waals surface area contributed by atoms with Crippen molar-refractivity contribution in [2.75, 3.05) is 30.9 Å². The SMILES string of the molecule is Cc1nc(NC2CCC(CNC(=O)c3ccc(F)c(F)c3)CC2)cc(N(C)C)n1. The summed E-state index contributed by atoms with van der Waals surface area (Å²) in [4.78, 5) is 23.0. The van der Waals surface area contributed by atoms with Crippen LogP contribution in [0.1, 0.15) is 41.9 Å². The van der Waals surface area contributed by atoms with Crippen LogP contribution in [0.5, 0.6) is 0 Å². The van der Waals surface area contributed by atoms with Crippen LogP contribution in [0, 0.1) is 24.5 Å². The van der Waals surface area contributed by atoms with Crippen molar-refractivity contribution < 1.29 is 13.6 Å². The molecular formula is C21H27F2N5O. The van der Waals surface area contributed by atoms with Gasteiger partial charge in [-0.05, 0) is 56.7 Å². The van der Waals surface area contributed by atoms with E-state index in [2.05, 4.69) is 20.6 Å². The first-order chi connectivity index (χ1) is 13.8. The van der Waals surface area contributed by atoms with E-state index in [1.165, 1.54) is 6.07 Å². The molecule has 6 nitrogen and oxygen atoms in total. The number of carbonyl (C=O) groups excluding carboxylic acids is 1. The molecule has 2 aromatic rings. The van der Waals surface area contributed by atoms with Gasteiger partial charge in [0, 0.05) is 38.3 Å². The van der Waals surface area contributed by atoms with E-state index in [0.29, 0.717) is 18.5 Å². The summed E-state index contributed by atoms with van der Waals surface area (Å²) in [7, 11) is 3.90. The maximum Gasteiger partial charge on any atom is 0.251 e. The van der Waals surface area contributed by atoms with Gasteiger partial charge in [-0.2, -0.15) is 0 Å². The Morgan fingerprint density at radius 2 is 1.83 bits per heavy atom. The van der Waals surface area contributed by atoms with Crippen LogP contribution >= 0.6 is 0 Å². The summed E-state index contributed by atoms with van der Waals surface area (Å²) in [5, 5.41) is 6.33. The summed E-state index contributed by atoms with van der Waals surface area (Å²) in [6.07, 6.45) is 3.90. The molecular weight excluding hydrogens is 376 g/mol. The zero-order valence-corrected chi connectivity index (χ0v) is 17.0. The molecule has 1 saturated carbocycles. The first-order valence-corrected chi connectivity index (χ1v) is 9.84. The van der Waals surface area contributed by atoms with Crippen molar-refractivity contribution in [1.82, 2.24) is 15.3 Å². The van der Waals surface area contributed by atoms with Crippen molar-refractivity contribution in [3.8, 4) is 0 Å². The average molecular weight is 403 g/mol. The molecule has 0 unspecified atom stereocenters. The highest BCUT2D eigenvalue weighted by molar-refractivity contribution is 5.94. The first-order valence-electron chi connectivity index (χ1n) is 9.84. The number of aryl methyl sites for hydroxylation is 1. The van der Waals surface area contributed by atoms with Crippen LogP contribution in [-0.4, -0.2) is 42.6 Å². The number of carbonyl (C=O) groups is 1. The van der Waals surface area contributed by atoms with Crippen LogP contribution in [0.25, 0.3) is 0 Å². The summed E-state index contributed by atoms with van der Waals surface area (Å²) in [6, 6.07) is 5.47. The van der Waals surface area contributed by atoms with Crippen LogP contribution in [0.15, 0.2) is 24.3 Å². The molecule has 1 heterocycles. The van der Waals surface area contributed by atoms with Crippen molar-refractivity contribution in [3.63, 3.8) is 0 Å². The second-order valence-corrected chi connectivity index (χ2v) is 7.75. The van der Waals surface area contributed by atoms with Crippen LogP contribution < -0.4 is 15.5 Å². The molecule has 1 aromatic carbocycles. The van der Waals surface area contributed by atoms with Gasteiger partial charge in [0.05, 0.1) is 0 Å². The molecule has 1 fully saturated rings. The van der Waals surface area contributed by atoms with Crippen LogP contribution in [0.4, 0.5) is 20.4 Å². The molecule has 1 amide bonds. The summed E-state index contributed by atoms with van der Waals surface area (Å²) in [5.41, 5.74) is 0.134. The third-order valence-electron chi connectivity index (χ3n) is 5.21. The van der Waals surface area contributed by atoms with Gasteiger partial charge in [-0.25, -0.2) is 18.7 Å². The lowest BCUT2D eigenvalue weighted by Crippen LogP contribution is -2.34. The van der Waals surface area contributed by atoms with Gasteiger partial charge in [0.1, 0.15) is 17.5 Å². The third-order valence-corrected chi connectivity index (χ3v) is 5.21. The number of hydrogen-bond acceptors (Lipinski definition) is 5. The van der Waals surface area contributed by atoms with Gasteiger partial charge in [-0.3, -0.25) is 4.79 Å². The van der Waals surface area contributed by atoms with Gasteiger partial charge in [0.15, 0.2) is 11.6 Å². The number of nitrogens with one attached hydrogen (secondary N) is 2. The number of halogens is 2. The maximum absolute atomic E-state index is 13.3. The predicted molar refractivity (Wildman–Crippen MR) is 109 cm³/mol. The van der Waals surface area contributed by atoms with Crippen molar-refractivity contribution in [1.29, 1.82) is 0 Å². The molecule has 0 atom stereocenters. The highest BCUT2D eigenvalue weighted by Crippen LogP contribution is 2.26. The van der Waals surface area contributed by atoms with Gasteiger partial charge in [-0.15, -0.1) is 0 Å². The third kappa shape index (κ3) is 5.62. The van der Waals surface area contributed by atoms with Crippen molar-refractivity contribution in [3.05, 3.63) is 47.3 Å². The average Bonchev–Trinajstić information content (AvgIpc) is 2.69.